The van der Waals surface area contributed by atoms with Crippen LogP contribution < -0.4 is 14.8 Å². The molecule has 0 spiro atoms. The summed E-state index contributed by atoms with van der Waals surface area (Å²) < 4.78 is 12.6. The van der Waals surface area contributed by atoms with E-state index in [1.165, 1.54) is 0 Å². The van der Waals surface area contributed by atoms with Crippen molar-refractivity contribution in [1.29, 1.82) is 0 Å². The minimum atomic E-state index is -0.165. The Labute approximate surface area is 171 Å². The van der Waals surface area contributed by atoms with Crippen molar-refractivity contribution in [2.24, 2.45) is 0 Å². The van der Waals surface area contributed by atoms with Gasteiger partial charge < -0.3 is 19.4 Å². The highest BCUT2D eigenvalue weighted by Crippen LogP contribution is 2.34. The minimum absolute atomic E-state index is 0.118. The Bertz CT molecular complexity index is 1220. The number of nitrogens with one attached hydrogen (secondary N) is 1. The Balaban J connectivity index is 1.46. The van der Waals surface area contributed by atoms with E-state index in [1.807, 2.05) is 53.1 Å². The van der Waals surface area contributed by atoms with Gasteiger partial charge in [-0.1, -0.05) is 23.7 Å². The minimum Gasteiger partial charge on any atom is -0.454 e. The zero-order valence-electron chi connectivity index (χ0n) is 15.3. The van der Waals surface area contributed by atoms with Crippen molar-refractivity contribution in [3.8, 4) is 22.9 Å². The molecule has 3 aromatic carbocycles. The van der Waals surface area contributed by atoms with Crippen molar-refractivity contribution in [3.05, 3.63) is 71.8 Å². The smallest absolute Gasteiger partial charge is 0.244 e. The van der Waals surface area contributed by atoms with E-state index in [0.717, 1.165) is 16.6 Å². The second kappa shape index (κ2) is 7.14. The molecule has 29 heavy (non-hydrogen) atoms. The van der Waals surface area contributed by atoms with Crippen molar-refractivity contribution in [2.75, 3.05) is 12.1 Å². The Morgan fingerprint density at radius 3 is 2.69 bits per heavy atom. The van der Waals surface area contributed by atoms with Crippen LogP contribution in [0.2, 0.25) is 5.02 Å². The summed E-state index contributed by atoms with van der Waals surface area (Å²) in [6.45, 7) is 0.311. The van der Waals surface area contributed by atoms with E-state index in [1.54, 1.807) is 18.2 Å². The zero-order valence-corrected chi connectivity index (χ0v) is 16.0. The number of fused-ring (bicyclic) bond motifs is 2. The van der Waals surface area contributed by atoms with Crippen LogP contribution in [0.1, 0.15) is 0 Å². The molecule has 0 fully saturated rings. The third kappa shape index (κ3) is 3.39. The zero-order chi connectivity index (χ0) is 19.8. The highest BCUT2D eigenvalue weighted by Gasteiger charge is 2.17. The van der Waals surface area contributed by atoms with E-state index in [-0.39, 0.29) is 19.2 Å². The quantitative estimate of drug-likeness (QED) is 0.533. The molecule has 144 valence electrons. The maximum Gasteiger partial charge on any atom is 0.244 e. The topological polar surface area (TPSA) is 65.4 Å². The normalized spacial score (nSPS) is 12.3. The van der Waals surface area contributed by atoms with Crippen LogP contribution in [0.3, 0.4) is 0 Å². The summed E-state index contributed by atoms with van der Waals surface area (Å²) >= 11 is 6.02. The molecule has 1 aliphatic rings. The van der Waals surface area contributed by atoms with Gasteiger partial charge >= 0.3 is 0 Å². The number of hydrogen-bond acceptors (Lipinski definition) is 4. The molecule has 0 saturated heterocycles. The van der Waals surface area contributed by atoms with Gasteiger partial charge in [0.1, 0.15) is 12.4 Å². The summed E-state index contributed by atoms with van der Waals surface area (Å²) in [6.07, 6.45) is 0. The van der Waals surface area contributed by atoms with Gasteiger partial charge in [0.2, 0.25) is 12.7 Å². The number of halogens is 1. The lowest BCUT2D eigenvalue weighted by atomic mass is 10.2. The summed E-state index contributed by atoms with van der Waals surface area (Å²) in [5.74, 6) is 1.84. The summed E-state index contributed by atoms with van der Waals surface area (Å²) in [7, 11) is 0. The third-order valence-electron chi connectivity index (χ3n) is 4.72. The second-order valence-electron chi connectivity index (χ2n) is 6.63. The molecule has 2 heterocycles. The lowest BCUT2D eigenvalue weighted by molar-refractivity contribution is -0.116. The van der Waals surface area contributed by atoms with Crippen LogP contribution in [0.4, 0.5) is 5.69 Å². The predicted molar refractivity (Wildman–Crippen MR) is 111 cm³/mol. The molecular weight excluding hydrogens is 390 g/mol. The summed E-state index contributed by atoms with van der Waals surface area (Å²) in [5.41, 5.74) is 3.25. The average Bonchev–Trinajstić information content (AvgIpc) is 3.33. The highest BCUT2D eigenvalue weighted by molar-refractivity contribution is 6.30. The maximum atomic E-state index is 12.8. The monoisotopic (exact) mass is 405 g/mol. The van der Waals surface area contributed by atoms with E-state index < -0.39 is 0 Å². The standard InChI is InChI=1S/C22H16ClN3O3/c23-15-7-5-14(6-8-15)22-25-17-3-1-2-4-18(17)26(22)12-21(27)24-16-9-10-19-20(11-16)29-13-28-19/h1-11H,12-13H2,(H,24,27). The number of imidazole rings is 1. The lowest BCUT2D eigenvalue weighted by Crippen LogP contribution is -2.19. The van der Waals surface area contributed by atoms with Crippen molar-refractivity contribution < 1.29 is 14.3 Å². The number of carbonyl (C=O) groups excluding carboxylic acids is 1. The van der Waals surface area contributed by atoms with Crippen molar-refractivity contribution in [1.82, 2.24) is 9.55 Å². The fourth-order valence-electron chi connectivity index (χ4n) is 3.37. The van der Waals surface area contributed by atoms with Crippen molar-refractivity contribution >= 4 is 34.2 Å². The Morgan fingerprint density at radius 2 is 1.83 bits per heavy atom. The van der Waals surface area contributed by atoms with Gasteiger partial charge in [0, 0.05) is 22.3 Å². The first-order valence-corrected chi connectivity index (χ1v) is 9.46. The average molecular weight is 406 g/mol. The van der Waals surface area contributed by atoms with Crippen LogP contribution >= 0.6 is 11.6 Å². The van der Waals surface area contributed by atoms with Crippen LogP contribution in [-0.2, 0) is 11.3 Å². The number of para-hydroxylation sites is 2. The fraction of sp³-hybridized carbons (Fsp3) is 0.0909. The first-order chi connectivity index (χ1) is 14.2. The molecule has 0 unspecified atom stereocenters. The molecule has 6 nitrogen and oxygen atoms in total. The molecule has 0 radical (unpaired) electrons. The van der Waals surface area contributed by atoms with Crippen LogP contribution in [0.25, 0.3) is 22.4 Å². The Morgan fingerprint density at radius 1 is 1.03 bits per heavy atom. The number of ether oxygens (including phenoxy) is 2. The van der Waals surface area contributed by atoms with Crippen LogP contribution in [-0.4, -0.2) is 22.3 Å². The molecule has 0 saturated carbocycles. The number of aromatic nitrogens is 2. The van der Waals surface area contributed by atoms with Gasteiger partial charge in [-0.15, -0.1) is 0 Å². The van der Waals surface area contributed by atoms with Gasteiger partial charge in [-0.25, -0.2) is 4.98 Å². The molecule has 5 rings (SSSR count). The molecule has 4 aromatic rings. The predicted octanol–water partition coefficient (Wildman–Crippen LogP) is 4.72. The Hall–Kier alpha value is -3.51. The first-order valence-electron chi connectivity index (χ1n) is 9.08. The summed E-state index contributed by atoms with van der Waals surface area (Å²) in [6, 6.07) is 20.5. The van der Waals surface area contributed by atoms with E-state index in [9.17, 15) is 4.79 Å². The van der Waals surface area contributed by atoms with Crippen molar-refractivity contribution in [3.63, 3.8) is 0 Å². The third-order valence-corrected chi connectivity index (χ3v) is 4.97. The second-order valence-corrected chi connectivity index (χ2v) is 7.07. The number of nitrogens with zero attached hydrogens (tertiary/aromatic N) is 2. The molecule has 0 bridgehead atoms. The largest absolute Gasteiger partial charge is 0.454 e. The molecule has 1 aromatic heterocycles. The molecular formula is C22H16ClN3O3. The van der Waals surface area contributed by atoms with Gasteiger partial charge in [-0.3, -0.25) is 4.79 Å². The number of hydrogen-bond donors (Lipinski definition) is 1. The fourth-order valence-corrected chi connectivity index (χ4v) is 3.50. The van der Waals surface area contributed by atoms with E-state index in [0.29, 0.717) is 28.0 Å². The lowest BCUT2D eigenvalue weighted by Gasteiger charge is -2.11. The number of benzene rings is 3. The SMILES string of the molecule is O=C(Cn1c(-c2ccc(Cl)cc2)nc2ccccc21)Nc1ccc2c(c1)OCO2. The van der Waals surface area contributed by atoms with E-state index in [2.05, 4.69) is 5.32 Å². The molecule has 7 heteroatoms. The van der Waals surface area contributed by atoms with Crippen molar-refractivity contribution in [2.45, 2.75) is 6.54 Å². The first kappa shape index (κ1) is 17.6. The summed E-state index contributed by atoms with van der Waals surface area (Å²) in [4.78, 5) is 17.5. The van der Waals surface area contributed by atoms with Gasteiger partial charge in [-0.05, 0) is 48.5 Å². The van der Waals surface area contributed by atoms with Crippen LogP contribution in [0.15, 0.2) is 66.7 Å². The van der Waals surface area contributed by atoms with Gasteiger partial charge in [-0.2, -0.15) is 0 Å². The summed E-state index contributed by atoms with van der Waals surface area (Å²) in [5, 5.41) is 3.57. The molecule has 1 amide bonds. The van der Waals surface area contributed by atoms with E-state index in [4.69, 9.17) is 26.1 Å². The van der Waals surface area contributed by atoms with Crippen LogP contribution in [0.5, 0.6) is 11.5 Å². The van der Waals surface area contributed by atoms with Crippen LogP contribution in [0, 0.1) is 0 Å². The van der Waals surface area contributed by atoms with Gasteiger partial charge in [0.25, 0.3) is 0 Å². The molecule has 1 N–H and O–H groups in total. The Kier molecular flexibility index (Phi) is 4.33. The molecule has 0 atom stereocenters. The number of anilines is 1. The number of amides is 1. The van der Waals surface area contributed by atoms with Gasteiger partial charge in [0.05, 0.1) is 11.0 Å². The van der Waals surface area contributed by atoms with Gasteiger partial charge in [0.15, 0.2) is 11.5 Å². The number of rotatable bonds is 4. The maximum absolute atomic E-state index is 12.8. The molecule has 0 aliphatic carbocycles. The van der Waals surface area contributed by atoms with E-state index >= 15 is 0 Å². The highest BCUT2D eigenvalue weighted by atomic mass is 35.5. The number of carbonyl (C=O) groups is 1. The molecule has 1 aliphatic heterocycles.